The van der Waals surface area contributed by atoms with Gasteiger partial charge in [-0.2, -0.15) is 0 Å². The van der Waals surface area contributed by atoms with Gasteiger partial charge in [0.2, 0.25) is 0 Å². The molecule has 0 atom stereocenters. The van der Waals surface area contributed by atoms with Crippen molar-refractivity contribution < 1.29 is 9.90 Å². The number of hydrogen-bond acceptors (Lipinski definition) is 4. The molecule has 0 unspecified atom stereocenters. The van der Waals surface area contributed by atoms with Gasteiger partial charge in [-0.05, 0) is 11.6 Å². The molecule has 0 aliphatic carbocycles. The lowest BCUT2D eigenvalue weighted by atomic mass is 10.0. The summed E-state index contributed by atoms with van der Waals surface area (Å²) in [6, 6.07) is 1.30. The highest BCUT2D eigenvalue weighted by Gasteiger charge is 2.20. The minimum absolute atomic E-state index is 0.232. The summed E-state index contributed by atoms with van der Waals surface area (Å²) in [6.07, 6.45) is 0.482. The molecular formula is C9H9N3O4. The highest BCUT2D eigenvalue weighted by molar-refractivity contribution is 5.87. The van der Waals surface area contributed by atoms with E-state index in [1.165, 1.54) is 11.1 Å². The van der Waals surface area contributed by atoms with Gasteiger partial charge in [0.15, 0.2) is 0 Å². The second kappa shape index (κ2) is 3.76. The van der Waals surface area contributed by atoms with Crippen LogP contribution in [0.3, 0.4) is 0 Å². The van der Waals surface area contributed by atoms with Gasteiger partial charge >= 0.3 is 5.97 Å². The standard InChI is InChI=1S/C9H9N3O4/c13-8-6(9(14)15)3-5-4-12(11-16)2-1-7(5)10-8/h3H,1-2,4H2,(H,10,13)(H,14,15). The van der Waals surface area contributed by atoms with Crippen LogP contribution >= 0.6 is 0 Å². The van der Waals surface area contributed by atoms with Crippen molar-refractivity contribution in [1.82, 2.24) is 9.99 Å². The van der Waals surface area contributed by atoms with Gasteiger partial charge in [-0.1, -0.05) is 0 Å². The summed E-state index contributed by atoms with van der Waals surface area (Å²) in [6.45, 7) is 0.661. The maximum atomic E-state index is 11.3. The van der Waals surface area contributed by atoms with E-state index in [1.807, 2.05) is 0 Å². The third-order valence-electron chi connectivity index (χ3n) is 2.53. The number of carboxylic acid groups (broad SMARTS) is 1. The van der Waals surface area contributed by atoms with Crippen LogP contribution in [0.4, 0.5) is 0 Å². The fraction of sp³-hybridized carbons (Fsp3) is 0.333. The molecule has 0 fully saturated rings. The zero-order chi connectivity index (χ0) is 11.7. The van der Waals surface area contributed by atoms with Gasteiger partial charge in [0.1, 0.15) is 5.56 Å². The van der Waals surface area contributed by atoms with E-state index < -0.39 is 11.5 Å². The molecule has 1 aliphatic heterocycles. The molecule has 0 bridgehead atoms. The third-order valence-corrected chi connectivity index (χ3v) is 2.53. The molecule has 7 nitrogen and oxygen atoms in total. The topological polar surface area (TPSA) is 103 Å². The molecule has 2 heterocycles. The maximum Gasteiger partial charge on any atom is 0.341 e. The van der Waals surface area contributed by atoms with Crippen LogP contribution in [-0.4, -0.2) is 27.6 Å². The van der Waals surface area contributed by atoms with E-state index in [0.717, 1.165) is 0 Å². The first-order chi connectivity index (χ1) is 7.61. The van der Waals surface area contributed by atoms with Crippen LogP contribution in [0.5, 0.6) is 0 Å². The molecule has 0 radical (unpaired) electrons. The average molecular weight is 223 g/mol. The minimum atomic E-state index is -1.28. The largest absolute Gasteiger partial charge is 0.477 e. The summed E-state index contributed by atoms with van der Waals surface area (Å²) in [4.78, 5) is 34.9. The van der Waals surface area contributed by atoms with E-state index >= 15 is 0 Å². The number of fused-ring (bicyclic) bond motifs is 1. The third kappa shape index (κ3) is 1.67. The van der Waals surface area contributed by atoms with Crippen LogP contribution in [0.1, 0.15) is 21.6 Å². The predicted octanol–water partition coefficient (Wildman–Crippen LogP) is 0.113. The summed E-state index contributed by atoms with van der Waals surface area (Å²) >= 11 is 0. The van der Waals surface area contributed by atoms with Crippen molar-refractivity contribution >= 4 is 5.97 Å². The Morgan fingerprint density at radius 3 is 2.94 bits per heavy atom. The van der Waals surface area contributed by atoms with Crippen molar-refractivity contribution in [2.24, 2.45) is 5.29 Å². The zero-order valence-corrected chi connectivity index (χ0v) is 8.27. The molecule has 1 aromatic heterocycles. The van der Waals surface area contributed by atoms with Crippen molar-refractivity contribution in [1.29, 1.82) is 0 Å². The lowest BCUT2D eigenvalue weighted by Gasteiger charge is -2.23. The van der Waals surface area contributed by atoms with Crippen molar-refractivity contribution in [3.63, 3.8) is 0 Å². The van der Waals surface area contributed by atoms with Gasteiger partial charge in [0.25, 0.3) is 5.56 Å². The van der Waals surface area contributed by atoms with Crippen LogP contribution in [0, 0.1) is 4.91 Å². The van der Waals surface area contributed by atoms with Crippen molar-refractivity contribution in [3.8, 4) is 0 Å². The normalized spacial score (nSPS) is 14.4. The number of pyridine rings is 1. The fourth-order valence-corrected chi connectivity index (χ4v) is 1.72. The number of aromatic carboxylic acids is 1. The lowest BCUT2D eigenvalue weighted by Crippen LogP contribution is -2.30. The first-order valence-electron chi connectivity index (χ1n) is 4.68. The Morgan fingerprint density at radius 2 is 2.31 bits per heavy atom. The van der Waals surface area contributed by atoms with E-state index in [0.29, 0.717) is 24.2 Å². The second-order valence-electron chi connectivity index (χ2n) is 3.54. The summed E-state index contributed by atoms with van der Waals surface area (Å²) in [7, 11) is 0. The number of nitrogens with one attached hydrogen (secondary N) is 1. The Morgan fingerprint density at radius 1 is 1.56 bits per heavy atom. The van der Waals surface area contributed by atoms with E-state index in [-0.39, 0.29) is 12.1 Å². The highest BCUT2D eigenvalue weighted by Crippen LogP contribution is 2.16. The molecule has 84 valence electrons. The number of carboxylic acids is 1. The van der Waals surface area contributed by atoms with Crippen molar-refractivity contribution in [2.45, 2.75) is 13.0 Å². The molecular weight excluding hydrogens is 214 g/mol. The highest BCUT2D eigenvalue weighted by atomic mass is 16.4. The Kier molecular flexibility index (Phi) is 2.43. The van der Waals surface area contributed by atoms with E-state index in [9.17, 15) is 14.5 Å². The predicted molar refractivity (Wildman–Crippen MR) is 53.9 cm³/mol. The Balaban J connectivity index is 2.47. The maximum absolute atomic E-state index is 11.3. The molecule has 7 heteroatoms. The quantitative estimate of drug-likeness (QED) is 0.693. The van der Waals surface area contributed by atoms with Gasteiger partial charge in [0, 0.05) is 18.7 Å². The molecule has 0 spiro atoms. The fourth-order valence-electron chi connectivity index (χ4n) is 1.72. The molecule has 2 N–H and O–H groups in total. The van der Waals surface area contributed by atoms with E-state index in [4.69, 9.17) is 5.11 Å². The Hall–Kier alpha value is -2.18. The molecule has 0 saturated heterocycles. The molecule has 0 saturated carbocycles. The molecule has 0 aromatic carbocycles. The van der Waals surface area contributed by atoms with Crippen molar-refractivity contribution in [3.05, 3.63) is 38.1 Å². The first-order valence-corrected chi connectivity index (χ1v) is 4.68. The zero-order valence-electron chi connectivity index (χ0n) is 8.27. The van der Waals surface area contributed by atoms with Crippen LogP contribution in [0.2, 0.25) is 0 Å². The molecule has 0 amide bonds. The smallest absolute Gasteiger partial charge is 0.341 e. The number of nitroso groups, excluding NO2 is 1. The van der Waals surface area contributed by atoms with Crippen LogP contribution < -0.4 is 5.56 Å². The lowest BCUT2D eigenvalue weighted by molar-refractivity contribution is 0.0694. The number of nitrogens with zero attached hydrogens (tertiary/aromatic N) is 2. The van der Waals surface area contributed by atoms with Gasteiger partial charge in [-0.15, -0.1) is 4.91 Å². The minimum Gasteiger partial charge on any atom is -0.477 e. The van der Waals surface area contributed by atoms with E-state index in [1.54, 1.807) is 0 Å². The summed E-state index contributed by atoms with van der Waals surface area (Å²) in [5, 5.41) is 12.8. The average Bonchev–Trinajstić information content (AvgIpc) is 2.27. The summed E-state index contributed by atoms with van der Waals surface area (Å²) in [5.74, 6) is -1.28. The summed E-state index contributed by atoms with van der Waals surface area (Å²) < 4.78 is 0. The number of H-pyrrole nitrogens is 1. The Labute approximate surface area is 89.6 Å². The van der Waals surface area contributed by atoms with Crippen molar-refractivity contribution in [2.75, 3.05) is 6.54 Å². The first kappa shape index (κ1) is 10.3. The van der Waals surface area contributed by atoms with Gasteiger partial charge in [-0.3, -0.25) is 9.80 Å². The van der Waals surface area contributed by atoms with Gasteiger partial charge < -0.3 is 10.1 Å². The number of rotatable bonds is 2. The molecule has 1 aromatic rings. The van der Waals surface area contributed by atoms with Crippen LogP contribution in [0.25, 0.3) is 0 Å². The summed E-state index contributed by atoms with van der Waals surface area (Å²) in [5.41, 5.74) is 0.378. The van der Waals surface area contributed by atoms with Gasteiger partial charge in [0.05, 0.1) is 11.8 Å². The van der Waals surface area contributed by atoms with Gasteiger partial charge in [-0.25, -0.2) is 4.79 Å². The van der Waals surface area contributed by atoms with Crippen LogP contribution in [-0.2, 0) is 13.0 Å². The number of carbonyl (C=O) groups is 1. The number of aromatic amines is 1. The molecule has 2 rings (SSSR count). The van der Waals surface area contributed by atoms with Crippen LogP contribution in [0.15, 0.2) is 16.1 Å². The molecule has 1 aliphatic rings. The number of hydrogen-bond donors (Lipinski definition) is 2. The Bertz CT molecular complexity index is 508. The number of aromatic nitrogens is 1. The van der Waals surface area contributed by atoms with E-state index in [2.05, 4.69) is 10.3 Å². The second-order valence-corrected chi connectivity index (χ2v) is 3.54. The molecule has 16 heavy (non-hydrogen) atoms. The monoisotopic (exact) mass is 223 g/mol. The SMILES string of the molecule is O=NN1CCc2[nH]c(=O)c(C(=O)O)cc2C1.